The zero-order chi connectivity index (χ0) is 23.4. The van der Waals surface area contributed by atoms with E-state index in [1.165, 1.54) is 13.8 Å². The molecule has 0 unspecified atom stereocenters. The van der Waals surface area contributed by atoms with Crippen molar-refractivity contribution in [2.45, 2.75) is 42.1 Å². The Kier molecular flexibility index (Phi) is 5.64. The predicted octanol–water partition coefficient (Wildman–Crippen LogP) is 0.956. The first-order chi connectivity index (χ1) is 14.1. The molecule has 0 radical (unpaired) electrons. The molecule has 0 bridgehead atoms. The van der Waals surface area contributed by atoms with Gasteiger partial charge in [-0.3, -0.25) is 8.98 Å². The highest BCUT2D eigenvalue weighted by Crippen LogP contribution is 2.49. The number of ether oxygens (including phenoxy) is 1. The van der Waals surface area contributed by atoms with E-state index >= 15 is 0 Å². The number of amides is 1. The number of sulfone groups is 1. The second kappa shape index (κ2) is 7.45. The number of rotatable bonds is 6. The standard InChI is InChI=1S/C17H18F3NO8S2/c1-16(2)12(15(23)28-8-10-6-4-3-5-7-10)21-13(22)11(14(21)30(16,24)25)9-29-31(26,27)17(18,19)20/h3-7,11-12,14H,8-9H2,1-2H3/t11-,12-,14+/m0/s1. The number of esters is 1. The Balaban J connectivity index is 1.80. The summed E-state index contributed by atoms with van der Waals surface area (Å²) in [7, 11) is -10.3. The van der Waals surface area contributed by atoms with E-state index < -0.39 is 66.0 Å². The smallest absolute Gasteiger partial charge is 0.459 e. The van der Waals surface area contributed by atoms with Gasteiger partial charge in [0.2, 0.25) is 5.91 Å². The quantitative estimate of drug-likeness (QED) is 0.253. The van der Waals surface area contributed by atoms with E-state index in [1.54, 1.807) is 30.3 Å². The van der Waals surface area contributed by atoms with Crippen LogP contribution in [0.1, 0.15) is 19.4 Å². The molecule has 1 aromatic carbocycles. The van der Waals surface area contributed by atoms with Gasteiger partial charge in [0.25, 0.3) is 0 Å². The Hall–Kier alpha value is -2.19. The van der Waals surface area contributed by atoms with E-state index in [1.807, 2.05) is 0 Å². The van der Waals surface area contributed by atoms with Gasteiger partial charge in [-0.25, -0.2) is 13.2 Å². The first kappa shape index (κ1) is 23.5. The summed E-state index contributed by atoms with van der Waals surface area (Å²) in [6.45, 7) is 0.873. The summed E-state index contributed by atoms with van der Waals surface area (Å²) >= 11 is 0. The molecule has 9 nitrogen and oxygen atoms in total. The molecule has 172 valence electrons. The highest BCUT2D eigenvalue weighted by atomic mass is 32.2. The van der Waals surface area contributed by atoms with E-state index in [4.69, 9.17) is 4.74 Å². The van der Waals surface area contributed by atoms with E-state index in [0.29, 0.717) is 10.5 Å². The summed E-state index contributed by atoms with van der Waals surface area (Å²) in [4.78, 5) is 25.8. The Bertz CT molecular complexity index is 1100. The van der Waals surface area contributed by atoms with E-state index in [0.717, 1.165) is 0 Å². The molecule has 31 heavy (non-hydrogen) atoms. The third kappa shape index (κ3) is 3.69. The van der Waals surface area contributed by atoms with Crippen LogP contribution in [0.2, 0.25) is 0 Å². The average Bonchev–Trinajstić information content (AvgIpc) is 2.80. The molecular weight excluding hydrogens is 467 g/mol. The van der Waals surface area contributed by atoms with Gasteiger partial charge in [-0.05, 0) is 19.4 Å². The summed E-state index contributed by atoms with van der Waals surface area (Å²) in [5, 5.41) is -1.70. The van der Waals surface area contributed by atoms with Gasteiger partial charge in [-0.2, -0.15) is 21.6 Å². The van der Waals surface area contributed by atoms with E-state index in [9.17, 15) is 39.6 Å². The molecule has 2 fully saturated rings. The highest BCUT2D eigenvalue weighted by molar-refractivity contribution is 7.93. The summed E-state index contributed by atoms with van der Waals surface area (Å²) < 4.78 is 92.5. The molecule has 0 aliphatic carbocycles. The fraction of sp³-hybridized carbons (Fsp3) is 0.529. The number of nitrogens with zero attached hydrogens (tertiary/aromatic N) is 1. The lowest BCUT2D eigenvalue weighted by atomic mass is 9.92. The van der Waals surface area contributed by atoms with Crippen LogP contribution in [0, 0.1) is 5.92 Å². The predicted molar refractivity (Wildman–Crippen MR) is 98.1 cm³/mol. The normalized spacial score (nSPS) is 26.8. The third-order valence-corrected chi connectivity index (χ3v) is 9.21. The van der Waals surface area contributed by atoms with Crippen molar-refractivity contribution in [3.05, 3.63) is 35.9 Å². The van der Waals surface area contributed by atoms with Gasteiger partial charge in [0.05, 0.1) is 17.3 Å². The van der Waals surface area contributed by atoms with Crippen molar-refractivity contribution in [2.24, 2.45) is 5.92 Å². The van der Waals surface area contributed by atoms with E-state index in [2.05, 4.69) is 4.18 Å². The summed E-state index contributed by atoms with van der Waals surface area (Å²) in [6, 6.07) is 6.91. The van der Waals surface area contributed by atoms with Gasteiger partial charge >= 0.3 is 21.6 Å². The van der Waals surface area contributed by atoms with Gasteiger partial charge in [-0.15, -0.1) is 0 Å². The third-order valence-electron chi connectivity index (χ3n) is 5.31. The van der Waals surface area contributed by atoms with Gasteiger partial charge in [0.15, 0.2) is 9.84 Å². The molecule has 2 aliphatic heterocycles. The molecule has 3 atom stereocenters. The van der Waals surface area contributed by atoms with Crippen LogP contribution in [0.5, 0.6) is 0 Å². The first-order valence-corrected chi connectivity index (χ1v) is 11.8. The summed E-state index contributed by atoms with van der Waals surface area (Å²) in [5.41, 5.74) is -5.11. The second-order valence-corrected chi connectivity index (χ2v) is 11.8. The lowest BCUT2D eigenvalue weighted by molar-refractivity contribution is -0.168. The van der Waals surface area contributed by atoms with Crippen LogP contribution in [-0.4, -0.2) is 61.9 Å². The van der Waals surface area contributed by atoms with Crippen molar-refractivity contribution in [3.8, 4) is 0 Å². The van der Waals surface area contributed by atoms with Crippen molar-refractivity contribution >= 4 is 31.8 Å². The number of hydrogen-bond donors (Lipinski definition) is 0. The van der Waals surface area contributed by atoms with Crippen LogP contribution >= 0.6 is 0 Å². The number of fused-ring (bicyclic) bond motifs is 1. The Labute approximate surface area is 176 Å². The molecule has 0 N–H and O–H groups in total. The largest absolute Gasteiger partial charge is 0.523 e. The van der Waals surface area contributed by atoms with Crippen molar-refractivity contribution in [1.82, 2.24) is 4.90 Å². The number of benzene rings is 1. The van der Waals surface area contributed by atoms with Gasteiger partial charge < -0.3 is 9.64 Å². The fourth-order valence-corrected chi connectivity index (χ4v) is 6.34. The number of carbonyl (C=O) groups is 2. The van der Waals surface area contributed by atoms with Crippen LogP contribution in [-0.2, 0) is 45.1 Å². The molecule has 2 heterocycles. The Morgan fingerprint density at radius 2 is 1.77 bits per heavy atom. The minimum absolute atomic E-state index is 0.185. The molecule has 0 aromatic heterocycles. The number of hydrogen-bond acceptors (Lipinski definition) is 8. The first-order valence-electron chi connectivity index (χ1n) is 8.85. The molecule has 1 amide bonds. The lowest BCUT2D eigenvalue weighted by Crippen LogP contribution is -2.65. The van der Waals surface area contributed by atoms with Crippen molar-refractivity contribution in [1.29, 1.82) is 0 Å². The van der Waals surface area contributed by atoms with Crippen molar-refractivity contribution in [2.75, 3.05) is 6.61 Å². The number of halogens is 3. The molecule has 2 aliphatic rings. The summed E-state index contributed by atoms with van der Waals surface area (Å²) in [5.74, 6) is -3.72. The van der Waals surface area contributed by atoms with Crippen molar-refractivity contribution in [3.63, 3.8) is 0 Å². The van der Waals surface area contributed by atoms with Crippen molar-refractivity contribution < 1.29 is 48.5 Å². The van der Waals surface area contributed by atoms with Crippen LogP contribution in [0.15, 0.2) is 30.3 Å². The molecule has 1 aromatic rings. The lowest BCUT2D eigenvalue weighted by Gasteiger charge is -2.42. The monoisotopic (exact) mass is 485 g/mol. The minimum Gasteiger partial charge on any atom is -0.459 e. The maximum absolute atomic E-state index is 12.9. The summed E-state index contributed by atoms with van der Waals surface area (Å²) in [6.07, 6.45) is 0. The molecule has 3 rings (SSSR count). The maximum Gasteiger partial charge on any atom is 0.523 e. The SMILES string of the molecule is CC1(C)[C@H](C(=O)OCc2ccccc2)N2C(=O)[C@H](COS(=O)(=O)C(F)(F)F)[C@H]2S1(=O)=O. The van der Waals surface area contributed by atoms with Crippen LogP contribution in [0.25, 0.3) is 0 Å². The molecule has 0 saturated carbocycles. The average molecular weight is 485 g/mol. The van der Waals surface area contributed by atoms with Crippen LogP contribution in [0.3, 0.4) is 0 Å². The molecule has 14 heteroatoms. The van der Waals surface area contributed by atoms with Crippen LogP contribution in [0.4, 0.5) is 13.2 Å². The topological polar surface area (TPSA) is 124 Å². The molecule has 0 spiro atoms. The fourth-order valence-electron chi connectivity index (χ4n) is 3.58. The molecular formula is C17H18F3NO8S2. The number of β-lactam (4-membered cyclic amide) rings is 1. The maximum atomic E-state index is 12.9. The molecule has 2 saturated heterocycles. The Morgan fingerprint density at radius 1 is 1.19 bits per heavy atom. The van der Waals surface area contributed by atoms with Gasteiger partial charge in [-0.1, -0.05) is 30.3 Å². The second-order valence-electron chi connectivity index (χ2n) is 7.57. The minimum atomic E-state index is -6.01. The highest BCUT2D eigenvalue weighted by Gasteiger charge is 2.72. The Morgan fingerprint density at radius 3 is 2.32 bits per heavy atom. The number of alkyl halides is 3. The van der Waals surface area contributed by atoms with Gasteiger partial charge in [0, 0.05) is 0 Å². The number of carbonyl (C=O) groups excluding carboxylic acids is 2. The zero-order valence-electron chi connectivity index (χ0n) is 16.2. The zero-order valence-corrected chi connectivity index (χ0v) is 17.8. The van der Waals surface area contributed by atoms with Crippen LogP contribution < -0.4 is 0 Å². The van der Waals surface area contributed by atoms with Gasteiger partial charge in [0.1, 0.15) is 18.0 Å². The van der Waals surface area contributed by atoms with E-state index in [-0.39, 0.29) is 6.61 Å².